The molecule has 1 aromatic heterocycles. The molecule has 2 rings (SSSR count). The lowest BCUT2D eigenvalue weighted by Gasteiger charge is -2.18. The molecule has 0 fully saturated rings. The summed E-state index contributed by atoms with van der Waals surface area (Å²) in [4.78, 5) is 12.5. The summed E-state index contributed by atoms with van der Waals surface area (Å²) in [6, 6.07) is 6.71. The smallest absolute Gasteiger partial charge is 0.265 e. The summed E-state index contributed by atoms with van der Waals surface area (Å²) in [5.74, 6) is 0.595. The van der Waals surface area contributed by atoms with Crippen molar-refractivity contribution >= 4 is 11.8 Å². The van der Waals surface area contributed by atoms with E-state index >= 15 is 0 Å². The summed E-state index contributed by atoms with van der Waals surface area (Å²) in [7, 11) is 4.55. The van der Waals surface area contributed by atoms with Gasteiger partial charge in [-0.1, -0.05) is 11.2 Å². The third-order valence-electron chi connectivity index (χ3n) is 3.53. The first kappa shape index (κ1) is 16.8. The maximum atomic E-state index is 12.5. The highest BCUT2D eigenvalue weighted by molar-refractivity contribution is 6.07. The van der Waals surface area contributed by atoms with Crippen LogP contribution in [-0.2, 0) is 10.3 Å². The predicted molar refractivity (Wildman–Crippen MR) is 84.0 cm³/mol. The van der Waals surface area contributed by atoms with Crippen LogP contribution in [0.2, 0.25) is 0 Å². The molecular formula is C16H20N2O5. The van der Waals surface area contributed by atoms with Gasteiger partial charge in [0, 0.05) is 13.2 Å². The predicted octanol–water partition coefficient (Wildman–Crippen LogP) is 2.83. The van der Waals surface area contributed by atoms with E-state index < -0.39 is 11.5 Å². The molecule has 0 aliphatic carbocycles. The molecule has 124 valence electrons. The van der Waals surface area contributed by atoms with Crippen molar-refractivity contribution in [2.75, 3.05) is 26.6 Å². The number of ether oxygens (including phenoxy) is 3. The van der Waals surface area contributed by atoms with Gasteiger partial charge in [-0.2, -0.15) is 0 Å². The Balaban J connectivity index is 2.27. The molecule has 0 aliphatic rings. The fourth-order valence-corrected chi connectivity index (χ4v) is 1.97. The SMILES string of the molecule is COc1cccc(OC)c1C(=O)Nc1cc(C(C)(C)OC)no1. The van der Waals surface area contributed by atoms with E-state index in [1.54, 1.807) is 31.4 Å². The minimum Gasteiger partial charge on any atom is -0.496 e. The molecule has 0 atom stereocenters. The maximum absolute atomic E-state index is 12.5. The van der Waals surface area contributed by atoms with Crippen molar-refractivity contribution in [1.82, 2.24) is 5.16 Å². The van der Waals surface area contributed by atoms with Gasteiger partial charge in [-0.25, -0.2) is 0 Å². The summed E-state index contributed by atoms with van der Waals surface area (Å²) in [5, 5.41) is 6.55. The average molecular weight is 320 g/mol. The van der Waals surface area contributed by atoms with Crippen LogP contribution in [0, 0.1) is 0 Å². The molecule has 0 aliphatic heterocycles. The highest BCUT2D eigenvalue weighted by atomic mass is 16.5. The van der Waals surface area contributed by atoms with Crippen LogP contribution in [0.1, 0.15) is 29.9 Å². The summed E-state index contributed by atoms with van der Waals surface area (Å²) in [5.41, 5.74) is 0.234. The van der Waals surface area contributed by atoms with Crippen LogP contribution in [0.3, 0.4) is 0 Å². The van der Waals surface area contributed by atoms with Crippen molar-refractivity contribution in [3.63, 3.8) is 0 Å². The molecule has 1 N–H and O–H groups in total. The lowest BCUT2D eigenvalue weighted by atomic mass is 10.1. The summed E-state index contributed by atoms with van der Waals surface area (Å²) >= 11 is 0. The van der Waals surface area contributed by atoms with Crippen LogP contribution < -0.4 is 14.8 Å². The van der Waals surface area contributed by atoms with Crippen molar-refractivity contribution < 1.29 is 23.5 Å². The fourth-order valence-electron chi connectivity index (χ4n) is 1.97. The van der Waals surface area contributed by atoms with Crippen LogP contribution in [-0.4, -0.2) is 32.4 Å². The zero-order valence-electron chi connectivity index (χ0n) is 13.8. The molecule has 2 aromatic rings. The molecule has 1 aromatic carbocycles. The monoisotopic (exact) mass is 320 g/mol. The standard InChI is InChI=1S/C16H20N2O5/c1-16(2,22-5)12-9-13(23-18-12)17-15(19)14-10(20-3)7-6-8-11(14)21-4/h6-9H,1-5H3,(H,17,19). The van der Waals surface area contributed by atoms with E-state index in [1.165, 1.54) is 14.2 Å². The Morgan fingerprint density at radius 3 is 2.30 bits per heavy atom. The Kier molecular flexibility index (Phi) is 4.90. The molecule has 0 bridgehead atoms. The average Bonchev–Trinajstić information content (AvgIpc) is 3.03. The van der Waals surface area contributed by atoms with Gasteiger partial charge >= 0.3 is 0 Å². The minimum absolute atomic E-state index is 0.211. The molecule has 23 heavy (non-hydrogen) atoms. The third-order valence-corrected chi connectivity index (χ3v) is 3.53. The highest BCUT2D eigenvalue weighted by Gasteiger charge is 2.25. The quantitative estimate of drug-likeness (QED) is 0.881. The van der Waals surface area contributed by atoms with Crippen LogP contribution in [0.5, 0.6) is 11.5 Å². The second-order valence-corrected chi connectivity index (χ2v) is 5.28. The number of carbonyl (C=O) groups excluding carboxylic acids is 1. The van der Waals surface area contributed by atoms with Gasteiger partial charge in [0.05, 0.1) is 14.2 Å². The molecule has 0 saturated carbocycles. The number of methoxy groups -OCH3 is 3. The first-order chi connectivity index (χ1) is 10.9. The summed E-state index contributed by atoms with van der Waals surface area (Å²) < 4.78 is 20.9. The van der Waals surface area contributed by atoms with E-state index in [-0.39, 0.29) is 11.4 Å². The Morgan fingerprint density at radius 2 is 1.78 bits per heavy atom. The van der Waals surface area contributed by atoms with Gasteiger partial charge in [-0.15, -0.1) is 0 Å². The minimum atomic E-state index is -0.616. The van der Waals surface area contributed by atoms with Crippen LogP contribution in [0.4, 0.5) is 5.88 Å². The molecular weight excluding hydrogens is 300 g/mol. The van der Waals surface area contributed by atoms with Crippen LogP contribution in [0.25, 0.3) is 0 Å². The molecule has 7 heteroatoms. The number of nitrogens with one attached hydrogen (secondary N) is 1. The first-order valence-corrected chi connectivity index (χ1v) is 6.97. The Morgan fingerprint density at radius 1 is 1.17 bits per heavy atom. The number of amides is 1. The zero-order chi connectivity index (χ0) is 17.0. The fraction of sp³-hybridized carbons (Fsp3) is 0.375. The van der Waals surface area contributed by atoms with E-state index in [4.69, 9.17) is 18.7 Å². The van der Waals surface area contributed by atoms with Gasteiger partial charge in [0.25, 0.3) is 5.91 Å². The van der Waals surface area contributed by atoms with E-state index in [2.05, 4.69) is 10.5 Å². The van der Waals surface area contributed by atoms with Crippen molar-refractivity contribution in [3.8, 4) is 11.5 Å². The second kappa shape index (κ2) is 6.70. The van der Waals surface area contributed by atoms with E-state index in [0.29, 0.717) is 17.2 Å². The number of rotatable bonds is 6. The lowest BCUT2D eigenvalue weighted by Crippen LogP contribution is -2.19. The van der Waals surface area contributed by atoms with Crippen molar-refractivity contribution in [3.05, 3.63) is 35.5 Å². The molecule has 1 amide bonds. The Hall–Kier alpha value is -2.54. The number of hydrogen-bond acceptors (Lipinski definition) is 6. The van der Waals surface area contributed by atoms with Crippen LogP contribution in [0.15, 0.2) is 28.8 Å². The molecule has 0 saturated heterocycles. The zero-order valence-corrected chi connectivity index (χ0v) is 13.8. The number of hydrogen-bond donors (Lipinski definition) is 1. The van der Waals surface area contributed by atoms with E-state index in [0.717, 1.165) is 0 Å². The number of nitrogens with zero attached hydrogens (tertiary/aromatic N) is 1. The van der Waals surface area contributed by atoms with Crippen molar-refractivity contribution in [1.29, 1.82) is 0 Å². The maximum Gasteiger partial charge on any atom is 0.265 e. The lowest BCUT2D eigenvalue weighted by molar-refractivity contribution is 0.0130. The molecule has 0 spiro atoms. The number of carbonyl (C=O) groups is 1. The topological polar surface area (TPSA) is 82.8 Å². The number of benzene rings is 1. The van der Waals surface area contributed by atoms with Gasteiger partial charge in [-0.05, 0) is 26.0 Å². The number of aromatic nitrogens is 1. The highest BCUT2D eigenvalue weighted by Crippen LogP contribution is 2.30. The Labute approximate surface area is 134 Å². The summed E-state index contributed by atoms with van der Waals surface area (Å²) in [6.07, 6.45) is 0. The second-order valence-electron chi connectivity index (χ2n) is 5.28. The normalized spacial score (nSPS) is 11.2. The van der Waals surface area contributed by atoms with Gasteiger partial charge < -0.3 is 18.7 Å². The van der Waals surface area contributed by atoms with E-state index in [1.807, 2.05) is 13.8 Å². The van der Waals surface area contributed by atoms with E-state index in [9.17, 15) is 4.79 Å². The third kappa shape index (κ3) is 3.45. The van der Waals surface area contributed by atoms with Gasteiger partial charge in [-0.3, -0.25) is 10.1 Å². The molecule has 0 unspecified atom stereocenters. The molecule has 7 nitrogen and oxygen atoms in total. The Bertz CT molecular complexity index is 671. The molecule has 0 radical (unpaired) electrons. The number of anilines is 1. The van der Waals surface area contributed by atoms with Gasteiger partial charge in [0.1, 0.15) is 28.4 Å². The van der Waals surface area contributed by atoms with Crippen molar-refractivity contribution in [2.45, 2.75) is 19.4 Å². The van der Waals surface area contributed by atoms with Crippen LogP contribution >= 0.6 is 0 Å². The largest absolute Gasteiger partial charge is 0.496 e. The molecule has 1 heterocycles. The summed E-state index contributed by atoms with van der Waals surface area (Å²) in [6.45, 7) is 3.69. The van der Waals surface area contributed by atoms with Gasteiger partial charge in [0.2, 0.25) is 5.88 Å². The van der Waals surface area contributed by atoms with Crippen molar-refractivity contribution in [2.24, 2.45) is 0 Å². The van der Waals surface area contributed by atoms with Gasteiger partial charge in [0.15, 0.2) is 0 Å². The first-order valence-electron chi connectivity index (χ1n) is 6.97.